The zero-order valence-electron chi connectivity index (χ0n) is 18.9. The molecule has 2 fully saturated rings. The number of rotatable bonds is 5. The summed E-state index contributed by atoms with van der Waals surface area (Å²) in [6.07, 6.45) is 3.28. The van der Waals surface area contributed by atoms with Gasteiger partial charge in [0.05, 0.1) is 42.2 Å². The third-order valence-electron chi connectivity index (χ3n) is 6.10. The Bertz CT molecular complexity index is 1240. The Labute approximate surface area is 200 Å². The number of benzene rings is 1. The van der Waals surface area contributed by atoms with Gasteiger partial charge in [-0.3, -0.25) is 9.78 Å². The molecule has 0 radical (unpaired) electrons. The maximum absolute atomic E-state index is 13.3. The van der Waals surface area contributed by atoms with Gasteiger partial charge < -0.3 is 14.5 Å². The SMILES string of the molecule is CC1(C)C(=O)N(c2ccc(S(=O)(=O)C(F)(F)F)cc2)C(=O)N1Cc1ccncc1N1CCOCC1. The molecular formula is C22H23F3N4O5S. The molecule has 2 aliphatic heterocycles. The number of imide groups is 1. The van der Waals surface area contributed by atoms with Gasteiger partial charge in [-0.1, -0.05) is 0 Å². The summed E-state index contributed by atoms with van der Waals surface area (Å²) in [6.45, 7) is 5.63. The lowest BCUT2D eigenvalue weighted by molar-refractivity contribution is -0.123. The van der Waals surface area contributed by atoms with E-state index in [0.29, 0.717) is 26.3 Å². The van der Waals surface area contributed by atoms with Crippen LogP contribution in [0.2, 0.25) is 0 Å². The number of amides is 3. The van der Waals surface area contributed by atoms with Crippen molar-refractivity contribution in [3.05, 3.63) is 48.3 Å². The minimum Gasteiger partial charge on any atom is -0.378 e. The van der Waals surface area contributed by atoms with Crippen molar-refractivity contribution in [2.24, 2.45) is 0 Å². The fourth-order valence-electron chi connectivity index (χ4n) is 4.04. The number of carbonyl (C=O) groups excluding carboxylic acids is 2. The number of hydrogen-bond donors (Lipinski definition) is 0. The quantitative estimate of drug-likeness (QED) is 0.568. The number of alkyl halides is 3. The van der Waals surface area contributed by atoms with Crippen LogP contribution in [0.3, 0.4) is 0 Å². The summed E-state index contributed by atoms with van der Waals surface area (Å²) < 4.78 is 67.2. The molecule has 0 atom stereocenters. The monoisotopic (exact) mass is 512 g/mol. The van der Waals surface area contributed by atoms with Gasteiger partial charge in [-0.05, 0) is 49.7 Å². The molecule has 9 nitrogen and oxygen atoms in total. The number of aromatic nitrogens is 1. The van der Waals surface area contributed by atoms with Gasteiger partial charge in [-0.25, -0.2) is 18.1 Å². The third kappa shape index (κ3) is 4.33. The van der Waals surface area contributed by atoms with E-state index in [1.165, 1.54) is 4.90 Å². The van der Waals surface area contributed by atoms with Crippen LogP contribution in [0.15, 0.2) is 47.6 Å². The van der Waals surface area contributed by atoms with Gasteiger partial charge in [0.25, 0.3) is 15.7 Å². The number of carbonyl (C=O) groups is 2. The van der Waals surface area contributed by atoms with Gasteiger partial charge in [-0.2, -0.15) is 13.2 Å². The Hall–Kier alpha value is -3.19. The Kier molecular flexibility index (Phi) is 6.26. The predicted octanol–water partition coefficient (Wildman–Crippen LogP) is 2.96. The van der Waals surface area contributed by atoms with E-state index >= 15 is 0 Å². The molecule has 188 valence electrons. The molecule has 1 aromatic carbocycles. The third-order valence-corrected chi connectivity index (χ3v) is 7.60. The second-order valence-corrected chi connectivity index (χ2v) is 10.6. The number of anilines is 2. The van der Waals surface area contributed by atoms with Crippen LogP contribution in [-0.2, 0) is 25.9 Å². The van der Waals surface area contributed by atoms with Crippen LogP contribution in [0.5, 0.6) is 0 Å². The topological polar surface area (TPSA) is 100 Å². The lowest BCUT2D eigenvalue weighted by atomic mass is 10.0. The van der Waals surface area contributed by atoms with Crippen LogP contribution < -0.4 is 9.80 Å². The Morgan fingerprint density at radius 3 is 2.29 bits per heavy atom. The number of hydrogen-bond acceptors (Lipinski definition) is 7. The first kappa shape index (κ1) is 24.9. The Morgan fingerprint density at radius 1 is 1.06 bits per heavy atom. The lowest BCUT2D eigenvalue weighted by Gasteiger charge is -2.33. The zero-order valence-corrected chi connectivity index (χ0v) is 19.8. The molecule has 35 heavy (non-hydrogen) atoms. The molecule has 2 saturated heterocycles. The summed E-state index contributed by atoms with van der Waals surface area (Å²) in [6, 6.07) is 4.58. The number of pyridine rings is 1. The predicted molar refractivity (Wildman–Crippen MR) is 119 cm³/mol. The number of urea groups is 1. The van der Waals surface area contributed by atoms with E-state index < -0.39 is 37.7 Å². The normalized spacial score (nSPS) is 18.9. The molecule has 3 amide bonds. The smallest absolute Gasteiger partial charge is 0.378 e. The van der Waals surface area contributed by atoms with Crippen molar-refractivity contribution in [2.45, 2.75) is 36.3 Å². The van der Waals surface area contributed by atoms with E-state index in [1.54, 1.807) is 32.3 Å². The average Bonchev–Trinajstić information content (AvgIpc) is 2.98. The van der Waals surface area contributed by atoms with Crippen LogP contribution in [0.25, 0.3) is 0 Å². The highest BCUT2D eigenvalue weighted by Crippen LogP contribution is 2.36. The van der Waals surface area contributed by atoms with Crippen molar-refractivity contribution >= 4 is 33.2 Å². The summed E-state index contributed by atoms with van der Waals surface area (Å²) >= 11 is 0. The molecular weight excluding hydrogens is 489 g/mol. The molecule has 3 heterocycles. The second-order valence-electron chi connectivity index (χ2n) is 8.62. The largest absolute Gasteiger partial charge is 0.501 e. The molecule has 0 aliphatic carbocycles. The molecule has 0 bridgehead atoms. The highest BCUT2D eigenvalue weighted by Gasteiger charge is 2.52. The molecule has 0 spiro atoms. The number of morpholine rings is 1. The Morgan fingerprint density at radius 2 is 1.69 bits per heavy atom. The van der Waals surface area contributed by atoms with Crippen molar-refractivity contribution in [1.29, 1.82) is 0 Å². The molecule has 2 aromatic rings. The summed E-state index contributed by atoms with van der Waals surface area (Å²) in [5, 5.41) is 0. The lowest BCUT2D eigenvalue weighted by Crippen LogP contribution is -2.44. The molecule has 0 saturated carbocycles. The summed E-state index contributed by atoms with van der Waals surface area (Å²) in [5.74, 6) is -0.587. The van der Waals surface area contributed by atoms with E-state index in [-0.39, 0.29) is 12.2 Å². The number of ether oxygens (including phenoxy) is 1. The van der Waals surface area contributed by atoms with Crippen molar-refractivity contribution in [3.63, 3.8) is 0 Å². The minimum absolute atomic E-state index is 0.0279. The van der Waals surface area contributed by atoms with E-state index in [1.807, 2.05) is 0 Å². The highest BCUT2D eigenvalue weighted by atomic mass is 32.2. The minimum atomic E-state index is -5.55. The van der Waals surface area contributed by atoms with Crippen LogP contribution >= 0.6 is 0 Å². The van der Waals surface area contributed by atoms with Crippen molar-refractivity contribution in [1.82, 2.24) is 9.88 Å². The van der Waals surface area contributed by atoms with Crippen molar-refractivity contribution < 1.29 is 35.9 Å². The van der Waals surface area contributed by atoms with E-state index in [9.17, 15) is 31.2 Å². The fraction of sp³-hybridized carbons (Fsp3) is 0.409. The number of nitrogens with zero attached hydrogens (tertiary/aromatic N) is 4. The summed E-state index contributed by atoms with van der Waals surface area (Å²) in [4.78, 5) is 34.0. The fourth-order valence-corrected chi connectivity index (χ4v) is 4.81. The number of halogens is 3. The van der Waals surface area contributed by atoms with Gasteiger partial charge in [0, 0.05) is 19.3 Å². The maximum atomic E-state index is 13.3. The van der Waals surface area contributed by atoms with Gasteiger partial charge in [-0.15, -0.1) is 0 Å². The maximum Gasteiger partial charge on any atom is 0.501 e. The van der Waals surface area contributed by atoms with Crippen LogP contribution in [0.1, 0.15) is 19.4 Å². The van der Waals surface area contributed by atoms with Crippen LogP contribution in [-0.4, -0.2) is 67.6 Å². The highest BCUT2D eigenvalue weighted by molar-refractivity contribution is 7.92. The molecule has 4 rings (SSSR count). The Balaban J connectivity index is 1.63. The van der Waals surface area contributed by atoms with E-state index in [0.717, 1.165) is 40.4 Å². The molecule has 13 heteroatoms. The summed E-state index contributed by atoms with van der Waals surface area (Å²) in [7, 11) is -5.55. The average molecular weight is 513 g/mol. The second kappa shape index (κ2) is 8.79. The molecule has 0 unspecified atom stereocenters. The van der Waals surface area contributed by atoms with E-state index in [4.69, 9.17) is 4.74 Å². The van der Waals surface area contributed by atoms with Gasteiger partial charge in [0.1, 0.15) is 5.54 Å². The molecule has 2 aliphatic rings. The summed E-state index contributed by atoms with van der Waals surface area (Å²) in [5.41, 5.74) is -5.18. The first-order valence-corrected chi connectivity index (χ1v) is 12.2. The van der Waals surface area contributed by atoms with Gasteiger partial charge in [0.15, 0.2) is 0 Å². The van der Waals surface area contributed by atoms with Crippen molar-refractivity contribution in [2.75, 3.05) is 36.1 Å². The van der Waals surface area contributed by atoms with Crippen LogP contribution in [0, 0.1) is 0 Å². The molecule has 1 aromatic heterocycles. The molecule has 0 N–H and O–H groups in total. The standard InChI is InChI=1S/C22H23F3N4O5S/c1-21(2)19(30)29(16-3-5-17(6-4-16)35(32,33)22(23,24)25)20(31)28(21)14-15-7-8-26-13-18(15)27-9-11-34-12-10-27/h3-8,13H,9-12,14H2,1-2H3. The van der Waals surface area contributed by atoms with Crippen LogP contribution in [0.4, 0.5) is 29.3 Å². The van der Waals surface area contributed by atoms with Gasteiger partial charge in [0.2, 0.25) is 0 Å². The first-order chi connectivity index (χ1) is 16.4. The van der Waals surface area contributed by atoms with Crippen molar-refractivity contribution in [3.8, 4) is 0 Å². The van der Waals surface area contributed by atoms with E-state index in [2.05, 4.69) is 9.88 Å². The first-order valence-electron chi connectivity index (χ1n) is 10.7. The zero-order chi connectivity index (χ0) is 25.6. The number of sulfone groups is 1. The van der Waals surface area contributed by atoms with Gasteiger partial charge >= 0.3 is 11.5 Å².